The lowest BCUT2D eigenvalue weighted by molar-refractivity contribution is -0.385. The van der Waals surface area contributed by atoms with Crippen LogP contribution in [0.25, 0.3) is 10.9 Å². The summed E-state index contributed by atoms with van der Waals surface area (Å²) >= 11 is 0. The third-order valence-corrected chi connectivity index (χ3v) is 5.63. The number of methoxy groups -OCH3 is 1. The highest BCUT2D eigenvalue weighted by Crippen LogP contribution is 2.51. The van der Waals surface area contributed by atoms with E-state index in [1.54, 1.807) is 19.1 Å². The molecule has 32 heavy (non-hydrogen) atoms. The van der Waals surface area contributed by atoms with Crippen molar-refractivity contribution >= 4 is 22.6 Å². The molecule has 9 nitrogen and oxygen atoms in total. The van der Waals surface area contributed by atoms with Crippen molar-refractivity contribution in [3.05, 3.63) is 58.5 Å². The number of halogens is 1. The zero-order chi connectivity index (χ0) is 23.0. The van der Waals surface area contributed by atoms with E-state index in [1.807, 2.05) is 0 Å². The van der Waals surface area contributed by atoms with Crippen LogP contribution in [0.1, 0.15) is 19.8 Å². The summed E-state index contributed by atoms with van der Waals surface area (Å²) in [4.78, 5) is 26.0. The van der Waals surface area contributed by atoms with Crippen LogP contribution in [-0.2, 0) is 4.79 Å². The van der Waals surface area contributed by atoms with Crippen LogP contribution in [0.15, 0.2) is 42.6 Å². The van der Waals surface area contributed by atoms with Gasteiger partial charge in [0.05, 0.1) is 23.6 Å². The van der Waals surface area contributed by atoms with E-state index >= 15 is 0 Å². The minimum absolute atomic E-state index is 0.187. The fourth-order valence-electron chi connectivity index (χ4n) is 3.51. The highest BCUT2D eigenvalue weighted by molar-refractivity contribution is 5.88. The summed E-state index contributed by atoms with van der Waals surface area (Å²) < 4.78 is 31.3. The molecule has 1 aliphatic carbocycles. The zero-order valence-corrected chi connectivity index (χ0v) is 17.2. The molecule has 1 unspecified atom stereocenters. The number of nitro benzene ring substituents is 1. The van der Waals surface area contributed by atoms with Crippen LogP contribution in [0, 0.1) is 21.3 Å². The predicted octanol–water partition coefficient (Wildman–Crippen LogP) is 4.72. The van der Waals surface area contributed by atoms with Crippen LogP contribution >= 0.6 is 0 Å². The van der Waals surface area contributed by atoms with E-state index in [2.05, 4.69) is 4.98 Å². The molecule has 166 valence electrons. The lowest BCUT2D eigenvalue weighted by Gasteiger charge is -2.22. The number of benzene rings is 2. The van der Waals surface area contributed by atoms with E-state index in [0.717, 1.165) is 12.1 Å². The first kappa shape index (κ1) is 21.3. The second kappa shape index (κ2) is 7.95. The molecule has 3 aromatic rings. The minimum atomic E-state index is -0.911. The number of aromatic nitrogens is 1. The Bertz CT molecular complexity index is 1230. The summed E-state index contributed by atoms with van der Waals surface area (Å²) in [6.07, 6.45) is 1.95. The van der Waals surface area contributed by atoms with Crippen molar-refractivity contribution in [1.29, 1.82) is 0 Å². The van der Waals surface area contributed by atoms with Crippen molar-refractivity contribution in [2.24, 2.45) is 5.41 Å². The van der Waals surface area contributed by atoms with Crippen molar-refractivity contribution in [1.82, 2.24) is 4.98 Å². The number of rotatable bonds is 8. The van der Waals surface area contributed by atoms with E-state index < -0.39 is 28.2 Å². The maximum atomic E-state index is 14.3. The van der Waals surface area contributed by atoms with Crippen molar-refractivity contribution in [2.75, 3.05) is 7.11 Å². The third-order valence-electron chi connectivity index (χ3n) is 5.63. The molecule has 0 saturated heterocycles. The number of nitro groups is 1. The predicted molar refractivity (Wildman–Crippen MR) is 111 cm³/mol. The van der Waals surface area contributed by atoms with Gasteiger partial charge >= 0.3 is 5.97 Å². The van der Waals surface area contributed by atoms with Gasteiger partial charge in [-0.05, 0) is 38.0 Å². The van der Waals surface area contributed by atoms with Gasteiger partial charge in [-0.25, -0.2) is 4.39 Å². The second-order valence-corrected chi connectivity index (χ2v) is 7.52. The average Bonchev–Trinajstić information content (AvgIpc) is 3.57. The molecule has 0 spiro atoms. The van der Waals surface area contributed by atoms with Gasteiger partial charge in [-0.2, -0.15) is 0 Å². The van der Waals surface area contributed by atoms with Gasteiger partial charge in [0.15, 0.2) is 23.1 Å². The number of ether oxygens (including phenoxy) is 3. The average molecular weight is 442 g/mol. The normalized spacial score (nSPS) is 15.1. The van der Waals surface area contributed by atoms with Gasteiger partial charge in [0.1, 0.15) is 17.3 Å². The minimum Gasteiger partial charge on any atom is -0.493 e. The van der Waals surface area contributed by atoms with E-state index in [9.17, 15) is 24.4 Å². The Labute approximate surface area is 181 Å². The molecule has 0 radical (unpaired) electrons. The Morgan fingerprint density at radius 1 is 1.19 bits per heavy atom. The molecular formula is C22H19FN2O7. The quantitative estimate of drug-likeness (QED) is 0.393. The van der Waals surface area contributed by atoms with Gasteiger partial charge in [-0.1, -0.05) is 0 Å². The van der Waals surface area contributed by atoms with Gasteiger partial charge in [0.2, 0.25) is 0 Å². The zero-order valence-electron chi connectivity index (χ0n) is 17.2. The smallest absolute Gasteiger partial charge is 0.313 e. The summed E-state index contributed by atoms with van der Waals surface area (Å²) in [6.45, 7) is 1.70. The third kappa shape index (κ3) is 3.75. The molecule has 1 saturated carbocycles. The van der Waals surface area contributed by atoms with E-state index in [1.165, 1.54) is 25.4 Å². The van der Waals surface area contributed by atoms with Crippen molar-refractivity contribution < 1.29 is 33.4 Å². The van der Waals surface area contributed by atoms with Gasteiger partial charge < -0.3 is 19.3 Å². The van der Waals surface area contributed by atoms with Gasteiger partial charge in [0.25, 0.3) is 5.69 Å². The molecule has 1 atom stereocenters. The topological polar surface area (TPSA) is 121 Å². The van der Waals surface area contributed by atoms with E-state index in [4.69, 9.17) is 14.2 Å². The number of hydrogen-bond donors (Lipinski definition) is 1. The SMILES string of the molecule is COc1cc2c(Oc3ccc([N+](=O)[O-])cc3F)ccnc2cc1OC(C)C1(C(=O)O)CC1. The second-order valence-electron chi connectivity index (χ2n) is 7.52. The standard InChI is InChI=1S/C22H19FN2O7/c1-12(22(6-7-22)21(26)27)31-20-11-16-14(10-19(20)30-2)17(5-8-24-16)32-18-4-3-13(25(28)29)9-15(18)23/h3-5,8-12H,6-7H2,1-2H3,(H,26,27). The first-order chi connectivity index (χ1) is 15.2. The molecule has 0 bridgehead atoms. The van der Waals surface area contributed by atoms with Crippen LogP contribution in [-0.4, -0.2) is 34.2 Å². The Morgan fingerprint density at radius 3 is 2.53 bits per heavy atom. The van der Waals surface area contributed by atoms with E-state index in [-0.39, 0.29) is 17.2 Å². The monoisotopic (exact) mass is 442 g/mol. The molecule has 1 fully saturated rings. The number of aliphatic carboxylic acids is 1. The molecule has 0 amide bonds. The molecule has 10 heteroatoms. The summed E-state index contributed by atoms with van der Waals surface area (Å²) in [5.41, 5.74) is -0.846. The first-order valence-electron chi connectivity index (χ1n) is 9.74. The molecule has 4 rings (SSSR count). The van der Waals surface area contributed by atoms with Crippen LogP contribution in [0.2, 0.25) is 0 Å². The van der Waals surface area contributed by atoms with Gasteiger partial charge in [-0.3, -0.25) is 19.9 Å². The summed E-state index contributed by atoms with van der Waals surface area (Å²) in [7, 11) is 1.44. The lowest BCUT2D eigenvalue weighted by atomic mass is 10.0. The summed E-state index contributed by atoms with van der Waals surface area (Å²) in [5.74, 6) is -1.06. The number of hydrogen-bond acceptors (Lipinski definition) is 7. The fraction of sp³-hybridized carbons (Fsp3) is 0.273. The van der Waals surface area contributed by atoms with Crippen LogP contribution in [0.3, 0.4) is 0 Å². The number of pyridine rings is 1. The lowest BCUT2D eigenvalue weighted by Crippen LogP contribution is -2.32. The number of carboxylic acids is 1. The Hall–Kier alpha value is -3.95. The maximum Gasteiger partial charge on any atom is 0.313 e. The molecule has 2 aromatic carbocycles. The van der Waals surface area contributed by atoms with Crippen LogP contribution in [0.4, 0.5) is 10.1 Å². The maximum absolute atomic E-state index is 14.3. The number of fused-ring (bicyclic) bond motifs is 1. The number of non-ortho nitro benzene ring substituents is 1. The molecule has 1 heterocycles. The first-order valence-corrected chi connectivity index (χ1v) is 9.74. The van der Waals surface area contributed by atoms with Crippen molar-refractivity contribution in [3.63, 3.8) is 0 Å². The number of carbonyl (C=O) groups is 1. The number of nitrogens with zero attached hydrogens (tertiary/aromatic N) is 2. The van der Waals surface area contributed by atoms with Crippen molar-refractivity contribution in [3.8, 4) is 23.0 Å². The van der Waals surface area contributed by atoms with Crippen LogP contribution in [0.5, 0.6) is 23.0 Å². The Kier molecular flexibility index (Phi) is 5.29. The highest BCUT2D eigenvalue weighted by atomic mass is 19.1. The largest absolute Gasteiger partial charge is 0.493 e. The molecule has 1 aliphatic rings. The summed E-state index contributed by atoms with van der Waals surface area (Å²) in [6, 6.07) is 7.83. The van der Waals surface area contributed by atoms with Gasteiger partial charge in [0, 0.05) is 23.7 Å². The number of carboxylic acid groups (broad SMARTS) is 1. The molecular weight excluding hydrogens is 423 g/mol. The summed E-state index contributed by atoms with van der Waals surface area (Å²) in [5, 5.41) is 20.8. The molecule has 1 aromatic heterocycles. The Balaban J connectivity index is 1.68. The fourth-order valence-corrected chi connectivity index (χ4v) is 3.51. The molecule has 1 N–H and O–H groups in total. The van der Waals surface area contributed by atoms with Crippen LogP contribution < -0.4 is 14.2 Å². The van der Waals surface area contributed by atoms with Gasteiger partial charge in [-0.15, -0.1) is 0 Å². The Morgan fingerprint density at radius 2 is 1.94 bits per heavy atom. The molecule has 0 aliphatic heterocycles. The van der Waals surface area contributed by atoms with E-state index in [0.29, 0.717) is 35.2 Å². The highest BCUT2D eigenvalue weighted by Gasteiger charge is 2.56. The van der Waals surface area contributed by atoms with Crippen molar-refractivity contribution in [2.45, 2.75) is 25.9 Å².